The summed E-state index contributed by atoms with van der Waals surface area (Å²) >= 11 is 1.62. The predicted octanol–water partition coefficient (Wildman–Crippen LogP) is 2.23. The van der Waals surface area contributed by atoms with Crippen LogP contribution in [-0.2, 0) is 11.3 Å². The zero-order valence-corrected chi connectivity index (χ0v) is 14.0. The molecule has 0 aliphatic rings. The maximum absolute atomic E-state index is 12.4. The molecule has 0 spiro atoms. The fraction of sp³-hybridized carbons (Fsp3) is 0.250. The Bertz CT molecular complexity index is 771. The number of benzene rings is 1. The Kier molecular flexibility index (Phi) is 5.17. The molecule has 8 heteroatoms. The van der Waals surface area contributed by atoms with Gasteiger partial charge in [0.25, 0.3) is 0 Å². The number of nitrogens with one attached hydrogen (secondary N) is 2. The number of amides is 1. The molecule has 0 aliphatic carbocycles. The number of carbonyl (C=O) groups is 1. The number of nitrogens with zero attached hydrogens (tertiary/aromatic N) is 4. The van der Waals surface area contributed by atoms with E-state index in [2.05, 4.69) is 26.2 Å². The van der Waals surface area contributed by atoms with Gasteiger partial charge in [-0.25, -0.2) is 0 Å². The third kappa shape index (κ3) is 3.77. The highest BCUT2D eigenvalue weighted by Gasteiger charge is 2.19. The Hall–Kier alpha value is -2.74. The molecule has 1 aromatic carbocycles. The largest absolute Gasteiger partial charge is 0.349 e. The molecule has 0 saturated heterocycles. The zero-order valence-electron chi connectivity index (χ0n) is 13.2. The minimum atomic E-state index is -0.404. The Morgan fingerprint density at radius 3 is 2.79 bits per heavy atom. The molecule has 7 nitrogen and oxygen atoms in total. The molecule has 1 atom stereocenters. The lowest BCUT2D eigenvalue weighted by atomic mass is 10.2. The van der Waals surface area contributed by atoms with Gasteiger partial charge in [-0.2, -0.15) is 4.68 Å². The van der Waals surface area contributed by atoms with Crippen LogP contribution >= 0.6 is 11.3 Å². The average molecular weight is 342 g/mol. The number of para-hydroxylation sites is 1. The molecule has 2 aromatic heterocycles. The number of hydrogen-bond acceptors (Lipinski definition) is 6. The van der Waals surface area contributed by atoms with Crippen LogP contribution in [-0.4, -0.2) is 32.2 Å². The van der Waals surface area contributed by atoms with Crippen molar-refractivity contribution in [3.05, 3.63) is 52.7 Å². The summed E-state index contributed by atoms with van der Waals surface area (Å²) in [7, 11) is 0. The normalized spacial score (nSPS) is 11.9. The highest BCUT2D eigenvalue weighted by atomic mass is 32.1. The summed E-state index contributed by atoms with van der Waals surface area (Å²) in [6.45, 7) is 2.47. The van der Waals surface area contributed by atoms with Gasteiger partial charge in [-0.3, -0.25) is 4.79 Å². The molecular weight excluding hydrogens is 324 g/mol. The first-order valence-electron chi connectivity index (χ1n) is 7.68. The number of thiophene rings is 1. The van der Waals surface area contributed by atoms with Crippen molar-refractivity contribution < 1.29 is 4.79 Å². The van der Waals surface area contributed by atoms with E-state index in [-0.39, 0.29) is 5.91 Å². The summed E-state index contributed by atoms with van der Waals surface area (Å²) in [5.41, 5.74) is 0.832. The molecule has 0 saturated carbocycles. The summed E-state index contributed by atoms with van der Waals surface area (Å²) in [5, 5.41) is 19.7. The van der Waals surface area contributed by atoms with Crippen LogP contribution in [0.25, 0.3) is 5.69 Å². The molecule has 1 amide bonds. The van der Waals surface area contributed by atoms with E-state index in [4.69, 9.17) is 0 Å². The monoisotopic (exact) mass is 342 g/mol. The third-order valence-electron chi connectivity index (χ3n) is 3.52. The topological polar surface area (TPSA) is 84.7 Å². The van der Waals surface area contributed by atoms with E-state index in [9.17, 15) is 4.79 Å². The minimum Gasteiger partial charge on any atom is -0.349 e. The second-order valence-electron chi connectivity index (χ2n) is 5.15. The molecule has 0 bridgehead atoms. The Balaban J connectivity index is 1.67. The highest BCUT2D eigenvalue weighted by molar-refractivity contribution is 7.09. The van der Waals surface area contributed by atoms with Gasteiger partial charge in [-0.05, 0) is 40.4 Å². The third-order valence-corrected chi connectivity index (χ3v) is 4.39. The quantitative estimate of drug-likeness (QED) is 0.688. The molecule has 24 heavy (non-hydrogen) atoms. The van der Waals surface area contributed by atoms with E-state index in [1.54, 1.807) is 16.0 Å². The van der Waals surface area contributed by atoms with Crippen LogP contribution in [0.1, 0.15) is 18.2 Å². The summed E-state index contributed by atoms with van der Waals surface area (Å²) < 4.78 is 1.58. The highest BCUT2D eigenvalue weighted by Crippen LogP contribution is 2.13. The summed E-state index contributed by atoms with van der Waals surface area (Å²) in [6, 6.07) is 13.1. The van der Waals surface area contributed by atoms with E-state index in [1.807, 2.05) is 54.8 Å². The minimum absolute atomic E-state index is 0.0755. The van der Waals surface area contributed by atoms with Crippen molar-refractivity contribution in [1.82, 2.24) is 25.5 Å². The molecule has 124 valence electrons. The first kappa shape index (κ1) is 16.1. The van der Waals surface area contributed by atoms with Crippen LogP contribution in [0.2, 0.25) is 0 Å². The molecule has 0 fully saturated rings. The molecule has 3 rings (SSSR count). The van der Waals surface area contributed by atoms with Gasteiger partial charge in [0.15, 0.2) is 0 Å². The Morgan fingerprint density at radius 1 is 1.25 bits per heavy atom. The first-order valence-corrected chi connectivity index (χ1v) is 8.56. The van der Waals surface area contributed by atoms with Gasteiger partial charge in [0.1, 0.15) is 6.04 Å². The number of rotatable bonds is 7. The van der Waals surface area contributed by atoms with E-state index >= 15 is 0 Å². The van der Waals surface area contributed by atoms with Crippen LogP contribution < -0.4 is 10.6 Å². The maximum atomic E-state index is 12.4. The molecule has 1 unspecified atom stereocenters. The molecule has 3 aromatic rings. The van der Waals surface area contributed by atoms with Gasteiger partial charge in [0.05, 0.1) is 12.2 Å². The Labute approximate surface area is 143 Å². The van der Waals surface area contributed by atoms with Crippen molar-refractivity contribution in [3.8, 4) is 5.69 Å². The lowest BCUT2D eigenvalue weighted by Gasteiger charge is -2.16. The SMILES string of the molecule is CCC(Nc1nnnn1-c1ccccc1)C(=O)NCc1cccs1. The molecule has 2 N–H and O–H groups in total. The number of carbonyl (C=O) groups excluding carboxylic acids is 1. The van der Waals surface area contributed by atoms with Gasteiger partial charge in [0, 0.05) is 4.88 Å². The van der Waals surface area contributed by atoms with E-state index in [0.29, 0.717) is 18.9 Å². The maximum Gasteiger partial charge on any atom is 0.248 e. The van der Waals surface area contributed by atoms with Crippen LogP contribution in [0.15, 0.2) is 47.8 Å². The summed E-state index contributed by atoms with van der Waals surface area (Å²) in [5.74, 6) is 0.368. The van der Waals surface area contributed by atoms with Crippen molar-refractivity contribution in [2.75, 3.05) is 5.32 Å². The van der Waals surface area contributed by atoms with E-state index in [1.165, 1.54) is 0 Å². The molecule has 2 heterocycles. The summed E-state index contributed by atoms with van der Waals surface area (Å²) in [6.07, 6.45) is 0.623. The number of hydrogen-bond donors (Lipinski definition) is 2. The fourth-order valence-corrected chi connectivity index (χ4v) is 2.88. The van der Waals surface area contributed by atoms with E-state index in [0.717, 1.165) is 10.6 Å². The van der Waals surface area contributed by atoms with Gasteiger partial charge in [-0.1, -0.05) is 36.3 Å². The Morgan fingerprint density at radius 2 is 2.08 bits per heavy atom. The van der Waals surface area contributed by atoms with Gasteiger partial charge in [-0.15, -0.1) is 11.3 Å². The molecule has 0 radical (unpaired) electrons. The van der Waals surface area contributed by atoms with Crippen molar-refractivity contribution in [3.63, 3.8) is 0 Å². The van der Waals surface area contributed by atoms with E-state index < -0.39 is 6.04 Å². The van der Waals surface area contributed by atoms with Crippen LogP contribution in [0, 0.1) is 0 Å². The second-order valence-corrected chi connectivity index (χ2v) is 6.18. The van der Waals surface area contributed by atoms with Crippen LogP contribution in [0.5, 0.6) is 0 Å². The lowest BCUT2D eigenvalue weighted by molar-refractivity contribution is -0.122. The van der Waals surface area contributed by atoms with Crippen molar-refractivity contribution in [1.29, 1.82) is 0 Å². The predicted molar refractivity (Wildman–Crippen MR) is 93.0 cm³/mol. The van der Waals surface area contributed by atoms with Crippen molar-refractivity contribution >= 4 is 23.2 Å². The number of anilines is 1. The van der Waals surface area contributed by atoms with Gasteiger partial charge in [0.2, 0.25) is 11.9 Å². The number of aromatic nitrogens is 4. The first-order chi connectivity index (χ1) is 11.8. The average Bonchev–Trinajstić information content (AvgIpc) is 3.30. The standard InChI is InChI=1S/C16H18N6OS/c1-2-14(15(23)17-11-13-9-6-10-24-13)18-16-19-20-21-22(16)12-7-4-3-5-8-12/h3-10,14H,2,11H2,1H3,(H,17,23)(H,18,19,21). The van der Waals surface area contributed by atoms with Crippen molar-refractivity contribution in [2.45, 2.75) is 25.9 Å². The van der Waals surface area contributed by atoms with Crippen LogP contribution in [0.3, 0.4) is 0 Å². The zero-order chi connectivity index (χ0) is 16.8. The lowest BCUT2D eigenvalue weighted by Crippen LogP contribution is -2.39. The van der Waals surface area contributed by atoms with Crippen LogP contribution in [0.4, 0.5) is 5.95 Å². The fourth-order valence-electron chi connectivity index (χ4n) is 2.24. The summed E-state index contributed by atoms with van der Waals surface area (Å²) in [4.78, 5) is 13.5. The smallest absolute Gasteiger partial charge is 0.248 e. The van der Waals surface area contributed by atoms with Crippen molar-refractivity contribution in [2.24, 2.45) is 0 Å². The molecular formula is C16H18N6OS. The van der Waals surface area contributed by atoms with Gasteiger partial charge >= 0.3 is 0 Å². The van der Waals surface area contributed by atoms with Gasteiger partial charge < -0.3 is 10.6 Å². The number of tetrazole rings is 1. The second kappa shape index (κ2) is 7.69. The molecule has 0 aliphatic heterocycles.